The zero-order valence-electron chi connectivity index (χ0n) is 26.8. The lowest BCUT2D eigenvalue weighted by atomic mass is 9.98. The number of hydrogen-bond donors (Lipinski definition) is 1. The summed E-state index contributed by atoms with van der Waals surface area (Å²) in [5.41, 5.74) is 7.18. The average molecular weight is 695 g/mol. The molecule has 49 heavy (non-hydrogen) atoms. The largest absolute Gasteiger partial charge is 0.490 e. The van der Waals surface area contributed by atoms with Gasteiger partial charge in [-0.05, 0) is 80.6 Å². The number of aryl methyl sites for hydroxylation is 1. The van der Waals surface area contributed by atoms with Crippen LogP contribution in [0.2, 0.25) is 0 Å². The predicted octanol–water partition coefficient (Wildman–Crippen LogP) is 6.96. The van der Waals surface area contributed by atoms with Crippen molar-refractivity contribution in [3.05, 3.63) is 77.0 Å². The lowest BCUT2D eigenvalue weighted by molar-refractivity contribution is -0.143. The van der Waals surface area contributed by atoms with Crippen molar-refractivity contribution < 1.29 is 50.1 Å². The quantitative estimate of drug-likeness (QED) is 0.190. The third-order valence-electron chi connectivity index (χ3n) is 8.34. The Balaban J connectivity index is 0.000000281. The first-order valence-electron chi connectivity index (χ1n) is 15.7. The van der Waals surface area contributed by atoms with Gasteiger partial charge in [0.25, 0.3) is 0 Å². The van der Waals surface area contributed by atoms with Crippen molar-refractivity contribution in [1.82, 2.24) is 9.88 Å². The van der Waals surface area contributed by atoms with Crippen molar-refractivity contribution in [2.75, 3.05) is 25.1 Å². The van der Waals surface area contributed by atoms with Crippen molar-refractivity contribution in [3.63, 3.8) is 0 Å². The van der Waals surface area contributed by atoms with E-state index in [1.807, 2.05) is 24.3 Å². The Morgan fingerprint density at radius 2 is 1.65 bits per heavy atom. The molecule has 2 aliphatic heterocycles. The molecule has 0 bridgehead atoms. The van der Waals surface area contributed by atoms with Crippen molar-refractivity contribution >= 4 is 17.9 Å². The van der Waals surface area contributed by atoms with Gasteiger partial charge >= 0.3 is 24.4 Å². The highest BCUT2D eigenvalue weighted by atomic mass is 19.4. The van der Waals surface area contributed by atoms with Crippen LogP contribution in [0.4, 0.5) is 37.0 Å². The van der Waals surface area contributed by atoms with Crippen molar-refractivity contribution in [1.29, 1.82) is 0 Å². The Hall–Kier alpha value is -4.53. The van der Waals surface area contributed by atoms with Gasteiger partial charge in [0.15, 0.2) is 0 Å². The molecule has 9 nitrogen and oxygen atoms in total. The Kier molecular flexibility index (Phi) is 10.6. The van der Waals surface area contributed by atoms with Crippen LogP contribution in [0.5, 0.6) is 5.75 Å². The third-order valence-corrected chi connectivity index (χ3v) is 8.34. The topological polar surface area (TPSA) is 107 Å². The zero-order valence-corrected chi connectivity index (χ0v) is 26.8. The Labute approximate surface area is 278 Å². The molecular weight excluding hydrogens is 658 g/mol. The van der Waals surface area contributed by atoms with Gasteiger partial charge in [-0.1, -0.05) is 12.1 Å². The number of hydrogen-bond acceptors (Lipinski definition) is 8. The summed E-state index contributed by atoms with van der Waals surface area (Å²) >= 11 is 0. The van der Waals surface area contributed by atoms with Crippen LogP contribution in [0.3, 0.4) is 0 Å². The van der Waals surface area contributed by atoms with Crippen LogP contribution in [0, 0.1) is 0 Å². The fraction of sp³-hybridized carbons (Fsp3) is 0.441. The number of amides is 1. The average Bonchev–Trinajstić information content (AvgIpc) is 3.81. The maximum atomic E-state index is 12.5. The second-order valence-corrected chi connectivity index (χ2v) is 12.0. The second-order valence-electron chi connectivity index (χ2n) is 12.0. The molecule has 1 aromatic heterocycles. The van der Waals surface area contributed by atoms with Crippen molar-refractivity contribution in [2.45, 2.75) is 76.3 Å². The minimum atomic E-state index is -4.75. The Morgan fingerprint density at radius 1 is 0.980 bits per heavy atom. The normalized spacial score (nSPS) is 19.1. The van der Waals surface area contributed by atoms with Gasteiger partial charge in [-0.2, -0.15) is 26.3 Å². The molecular formula is C34H36F6N4O5. The number of anilines is 1. The highest BCUT2D eigenvalue weighted by Crippen LogP contribution is 2.39. The highest BCUT2D eigenvalue weighted by molar-refractivity contribution is 5.76. The minimum Gasteiger partial charge on any atom is -0.490 e. The molecule has 3 aromatic rings. The SMILES string of the molecule is COC(=O)CCc1ccc(OC2CC2)c(-c2ccc(N3CCC3)nc2CN2C(=O)OC(C)C2N)c1.FC(F)(F)c1cccc(C(F)(F)F)c1. The second kappa shape index (κ2) is 14.5. The zero-order chi connectivity index (χ0) is 35.5. The van der Waals surface area contributed by atoms with E-state index in [1.54, 1.807) is 6.92 Å². The number of rotatable bonds is 9. The summed E-state index contributed by atoms with van der Waals surface area (Å²) in [5, 5.41) is 0. The highest BCUT2D eigenvalue weighted by Gasteiger charge is 2.38. The molecule has 2 aromatic carbocycles. The first-order valence-corrected chi connectivity index (χ1v) is 15.7. The van der Waals surface area contributed by atoms with Crippen LogP contribution in [0.15, 0.2) is 54.6 Å². The first-order chi connectivity index (χ1) is 23.1. The maximum Gasteiger partial charge on any atom is 0.416 e. The number of aromatic nitrogens is 1. The van der Waals surface area contributed by atoms with Crippen LogP contribution in [0.25, 0.3) is 11.1 Å². The standard InChI is InChI=1S/C26H32N4O5.C8H4F6/c1-16-25(27)30(26(32)34-16)15-21-19(8-10-23(28-21)29-12-3-13-29)20-14-17(5-11-24(31)33-2)4-9-22(20)35-18-6-7-18;9-7(10,11)5-2-1-3-6(4-5)8(12,13)14/h4,8-10,14,16,18,25H,3,5-7,11-13,15,27H2,1-2H3;1-4H. The Morgan fingerprint density at radius 3 is 2.18 bits per heavy atom. The molecule has 3 heterocycles. The van der Waals surface area contributed by atoms with Gasteiger partial charge in [0, 0.05) is 30.6 Å². The van der Waals surface area contributed by atoms with E-state index in [2.05, 4.69) is 11.0 Å². The number of carbonyl (C=O) groups is 2. The van der Waals surface area contributed by atoms with Gasteiger partial charge in [0.05, 0.1) is 36.6 Å². The number of alkyl halides is 6. The van der Waals surface area contributed by atoms with Crippen LogP contribution >= 0.6 is 0 Å². The number of carbonyl (C=O) groups excluding carboxylic acids is 2. The monoisotopic (exact) mass is 694 g/mol. The lowest BCUT2D eigenvalue weighted by Gasteiger charge is -2.33. The lowest BCUT2D eigenvalue weighted by Crippen LogP contribution is -2.43. The summed E-state index contributed by atoms with van der Waals surface area (Å²) in [6.45, 7) is 3.96. The first kappa shape index (κ1) is 35.8. The molecule has 264 valence electrons. The summed E-state index contributed by atoms with van der Waals surface area (Å²) < 4.78 is 88.3. The van der Waals surface area contributed by atoms with Crippen LogP contribution < -0.4 is 15.4 Å². The molecule has 0 spiro atoms. The molecule has 2 unspecified atom stereocenters. The summed E-state index contributed by atoms with van der Waals surface area (Å²) in [4.78, 5) is 32.9. The molecule has 2 N–H and O–H groups in total. The number of pyridine rings is 1. The summed E-state index contributed by atoms with van der Waals surface area (Å²) in [6, 6.07) is 12.1. The van der Waals surface area contributed by atoms with Gasteiger partial charge in [0.2, 0.25) is 0 Å². The van der Waals surface area contributed by atoms with Gasteiger partial charge in [-0.25, -0.2) is 9.78 Å². The summed E-state index contributed by atoms with van der Waals surface area (Å²) in [6.07, 6.45) is -6.59. The molecule has 2 saturated heterocycles. The number of nitrogens with zero attached hydrogens (tertiary/aromatic N) is 3. The fourth-order valence-corrected chi connectivity index (χ4v) is 5.21. The molecule has 3 aliphatic rings. The van der Waals surface area contributed by atoms with E-state index < -0.39 is 35.7 Å². The number of methoxy groups -OCH3 is 1. The van der Waals surface area contributed by atoms with E-state index >= 15 is 0 Å². The number of esters is 1. The van der Waals surface area contributed by atoms with Crippen LogP contribution in [0.1, 0.15) is 55.0 Å². The molecule has 0 radical (unpaired) electrons. The predicted molar refractivity (Wildman–Crippen MR) is 166 cm³/mol. The fourth-order valence-electron chi connectivity index (χ4n) is 5.21. The van der Waals surface area contributed by atoms with Crippen LogP contribution in [-0.4, -0.2) is 60.5 Å². The smallest absolute Gasteiger partial charge is 0.416 e. The molecule has 3 fully saturated rings. The van der Waals surface area contributed by atoms with E-state index in [9.17, 15) is 35.9 Å². The number of cyclic esters (lactones) is 1. The van der Waals surface area contributed by atoms with Gasteiger partial charge < -0.3 is 24.8 Å². The molecule has 2 atom stereocenters. The number of benzene rings is 2. The van der Waals surface area contributed by atoms with Gasteiger partial charge in [-0.3, -0.25) is 9.69 Å². The number of nitrogens with two attached hydrogens (primary N) is 1. The van der Waals surface area contributed by atoms with E-state index in [4.69, 9.17) is 24.9 Å². The van der Waals surface area contributed by atoms with E-state index in [-0.39, 0.29) is 30.8 Å². The number of halogens is 6. The summed E-state index contributed by atoms with van der Waals surface area (Å²) in [7, 11) is 1.40. The third kappa shape index (κ3) is 8.94. The Bertz CT molecular complexity index is 1630. The molecule has 1 aliphatic carbocycles. The van der Waals surface area contributed by atoms with Gasteiger partial charge in [-0.15, -0.1) is 0 Å². The molecule has 15 heteroatoms. The minimum absolute atomic E-state index is 0.0833. The maximum absolute atomic E-state index is 12.5. The number of ether oxygens (including phenoxy) is 3. The molecule has 1 saturated carbocycles. The molecule has 6 rings (SSSR count). The van der Waals surface area contributed by atoms with E-state index in [1.165, 1.54) is 12.0 Å². The van der Waals surface area contributed by atoms with E-state index in [0.717, 1.165) is 72.4 Å². The van der Waals surface area contributed by atoms with Crippen molar-refractivity contribution in [3.8, 4) is 16.9 Å². The molecule has 1 amide bonds. The van der Waals surface area contributed by atoms with E-state index in [0.29, 0.717) is 25.0 Å². The van der Waals surface area contributed by atoms with Gasteiger partial charge in [0.1, 0.15) is 23.8 Å². The van der Waals surface area contributed by atoms with Crippen LogP contribution in [-0.2, 0) is 39.6 Å². The summed E-state index contributed by atoms with van der Waals surface area (Å²) in [5.74, 6) is 1.41. The van der Waals surface area contributed by atoms with Crippen molar-refractivity contribution in [2.24, 2.45) is 5.73 Å².